The Bertz CT molecular complexity index is 856. The molecule has 2 amide bonds. The second kappa shape index (κ2) is 13.4. The summed E-state index contributed by atoms with van der Waals surface area (Å²) in [7, 11) is 0. The summed E-state index contributed by atoms with van der Waals surface area (Å²) in [6, 6.07) is 0.0839. The number of pyridine rings is 1. The SMILES string of the molecule is C=Cc1cncc(C(=O)NCCCC[C@H](OC(=O)N[C@@H](CCC(=O)O)C(=O)O)C(=O)O)c1. The molecule has 12 nitrogen and oxygen atoms in total. The number of unbranched alkanes of at least 4 members (excludes halogenated alkanes) is 1. The van der Waals surface area contributed by atoms with Gasteiger partial charge in [0.1, 0.15) is 6.04 Å². The topological polar surface area (TPSA) is 192 Å². The van der Waals surface area contributed by atoms with Crippen LogP contribution in [0.1, 0.15) is 48.0 Å². The average Bonchev–Trinajstić information content (AvgIpc) is 2.74. The van der Waals surface area contributed by atoms with Crippen molar-refractivity contribution < 1.29 is 44.0 Å². The van der Waals surface area contributed by atoms with Crippen molar-refractivity contribution in [2.75, 3.05) is 6.54 Å². The summed E-state index contributed by atoms with van der Waals surface area (Å²) in [6.45, 7) is 3.84. The number of carboxylic acid groups (broad SMARTS) is 3. The van der Waals surface area contributed by atoms with E-state index in [0.717, 1.165) is 0 Å². The van der Waals surface area contributed by atoms with Crippen molar-refractivity contribution >= 4 is 36.0 Å². The van der Waals surface area contributed by atoms with Crippen LogP contribution in [-0.4, -0.2) is 68.9 Å². The molecule has 5 N–H and O–H groups in total. The van der Waals surface area contributed by atoms with Crippen LogP contribution in [0.25, 0.3) is 6.08 Å². The van der Waals surface area contributed by atoms with Gasteiger partial charge in [-0.25, -0.2) is 14.4 Å². The van der Waals surface area contributed by atoms with Crippen LogP contribution in [0.4, 0.5) is 4.79 Å². The molecule has 1 aromatic heterocycles. The van der Waals surface area contributed by atoms with E-state index < -0.39 is 42.6 Å². The number of alkyl carbamates (subject to hydrolysis) is 1. The van der Waals surface area contributed by atoms with Crippen molar-refractivity contribution in [3.8, 4) is 0 Å². The third kappa shape index (κ3) is 9.69. The van der Waals surface area contributed by atoms with E-state index in [0.29, 0.717) is 17.5 Å². The van der Waals surface area contributed by atoms with Gasteiger partial charge < -0.3 is 30.7 Å². The summed E-state index contributed by atoms with van der Waals surface area (Å²) < 4.78 is 4.76. The molecule has 0 aliphatic heterocycles. The number of rotatable bonds is 14. The zero-order valence-corrected chi connectivity index (χ0v) is 17.2. The fraction of sp³-hybridized carbons (Fsp3) is 0.400. The molecule has 0 saturated carbocycles. The van der Waals surface area contributed by atoms with Crippen LogP contribution in [0.5, 0.6) is 0 Å². The summed E-state index contributed by atoms with van der Waals surface area (Å²) in [6.07, 6.45) is 1.42. The predicted octanol–water partition coefficient (Wildman–Crippen LogP) is 1.12. The third-order valence-electron chi connectivity index (χ3n) is 4.20. The molecule has 1 rings (SSSR count). The monoisotopic (exact) mass is 451 g/mol. The molecule has 12 heteroatoms. The molecule has 0 aromatic carbocycles. The molecule has 0 spiro atoms. The fourth-order valence-electron chi connectivity index (χ4n) is 2.52. The first-order chi connectivity index (χ1) is 15.1. The second-order valence-electron chi connectivity index (χ2n) is 6.66. The minimum atomic E-state index is -1.53. The number of carboxylic acids is 3. The zero-order valence-electron chi connectivity index (χ0n) is 17.2. The summed E-state index contributed by atoms with van der Waals surface area (Å²) in [5.41, 5.74) is 1.03. The van der Waals surface area contributed by atoms with E-state index >= 15 is 0 Å². The van der Waals surface area contributed by atoms with Gasteiger partial charge in [-0.2, -0.15) is 0 Å². The van der Waals surface area contributed by atoms with E-state index in [9.17, 15) is 29.1 Å². The Hall–Kier alpha value is -3.96. The summed E-state index contributed by atoms with van der Waals surface area (Å²) in [5.74, 6) is -4.49. The molecule has 32 heavy (non-hydrogen) atoms. The average molecular weight is 451 g/mol. The highest BCUT2D eigenvalue weighted by molar-refractivity contribution is 5.94. The Balaban J connectivity index is 2.44. The number of aliphatic carboxylic acids is 3. The number of hydrogen-bond donors (Lipinski definition) is 5. The molecule has 0 aliphatic carbocycles. The molecular weight excluding hydrogens is 426 g/mol. The number of nitrogens with zero attached hydrogens (tertiary/aromatic N) is 1. The van der Waals surface area contributed by atoms with E-state index in [-0.39, 0.29) is 31.7 Å². The van der Waals surface area contributed by atoms with Crippen LogP contribution in [0.3, 0.4) is 0 Å². The number of carbonyl (C=O) groups excluding carboxylic acids is 2. The largest absolute Gasteiger partial charge is 0.481 e. The number of ether oxygens (including phenoxy) is 1. The molecule has 1 heterocycles. The number of hydrogen-bond acceptors (Lipinski definition) is 7. The van der Waals surface area contributed by atoms with E-state index in [4.69, 9.17) is 14.9 Å². The highest BCUT2D eigenvalue weighted by Crippen LogP contribution is 2.08. The van der Waals surface area contributed by atoms with Crippen LogP contribution in [0, 0.1) is 0 Å². The lowest BCUT2D eigenvalue weighted by atomic mass is 10.1. The molecule has 174 valence electrons. The molecule has 0 radical (unpaired) electrons. The Labute approximate surface area is 183 Å². The normalized spacial score (nSPS) is 12.1. The van der Waals surface area contributed by atoms with Crippen molar-refractivity contribution in [3.63, 3.8) is 0 Å². The number of aromatic nitrogens is 1. The van der Waals surface area contributed by atoms with Gasteiger partial charge in [0, 0.05) is 25.4 Å². The third-order valence-corrected chi connectivity index (χ3v) is 4.20. The van der Waals surface area contributed by atoms with Crippen LogP contribution >= 0.6 is 0 Å². The first-order valence-electron chi connectivity index (χ1n) is 9.64. The van der Waals surface area contributed by atoms with Gasteiger partial charge >= 0.3 is 24.0 Å². The molecular formula is C20H25N3O9. The lowest BCUT2D eigenvalue weighted by Crippen LogP contribution is -2.43. The number of nitrogens with one attached hydrogen (secondary N) is 2. The van der Waals surface area contributed by atoms with Crippen LogP contribution in [0.2, 0.25) is 0 Å². The van der Waals surface area contributed by atoms with Gasteiger partial charge in [-0.3, -0.25) is 14.6 Å². The Morgan fingerprint density at radius 3 is 2.38 bits per heavy atom. The van der Waals surface area contributed by atoms with E-state index in [1.165, 1.54) is 6.20 Å². The van der Waals surface area contributed by atoms with Crippen LogP contribution in [0.15, 0.2) is 25.0 Å². The van der Waals surface area contributed by atoms with Crippen molar-refractivity contribution in [2.45, 2.75) is 44.2 Å². The Morgan fingerprint density at radius 1 is 1.06 bits per heavy atom. The van der Waals surface area contributed by atoms with Gasteiger partial charge in [-0.05, 0) is 37.3 Å². The summed E-state index contributed by atoms with van der Waals surface area (Å²) in [5, 5.41) is 31.4. The Kier molecular flexibility index (Phi) is 10.9. The molecule has 1 aromatic rings. The molecule has 0 aliphatic rings. The van der Waals surface area contributed by atoms with Crippen molar-refractivity contribution in [3.05, 3.63) is 36.2 Å². The fourth-order valence-corrected chi connectivity index (χ4v) is 2.52. The standard InChI is InChI=1S/C20H25N3O9/c1-2-12-9-13(11-21-10-12)17(26)22-8-4-3-5-15(19(29)30)32-20(31)23-14(18(27)28)6-7-16(24)25/h2,9-11,14-15H,1,3-8H2,(H,22,26)(H,23,31)(H,24,25)(H,27,28)(H,29,30)/t14-,15-/m0/s1. The molecule has 0 unspecified atom stereocenters. The van der Waals surface area contributed by atoms with Gasteiger partial charge in [0.25, 0.3) is 5.91 Å². The highest BCUT2D eigenvalue weighted by Gasteiger charge is 2.26. The summed E-state index contributed by atoms with van der Waals surface area (Å²) in [4.78, 5) is 60.8. The molecule has 0 fully saturated rings. The second-order valence-corrected chi connectivity index (χ2v) is 6.66. The first kappa shape index (κ1) is 26.1. The van der Waals surface area contributed by atoms with Crippen LogP contribution < -0.4 is 10.6 Å². The van der Waals surface area contributed by atoms with Gasteiger partial charge in [0.15, 0.2) is 0 Å². The van der Waals surface area contributed by atoms with E-state index in [1.54, 1.807) is 18.3 Å². The molecule has 0 saturated heterocycles. The van der Waals surface area contributed by atoms with E-state index in [1.807, 2.05) is 5.32 Å². The predicted molar refractivity (Wildman–Crippen MR) is 110 cm³/mol. The van der Waals surface area contributed by atoms with Gasteiger partial charge in [0.2, 0.25) is 6.10 Å². The van der Waals surface area contributed by atoms with Gasteiger partial charge in [-0.15, -0.1) is 0 Å². The van der Waals surface area contributed by atoms with E-state index in [2.05, 4.69) is 16.9 Å². The highest BCUT2D eigenvalue weighted by atomic mass is 16.6. The lowest BCUT2D eigenvalue weighted by molar-refractivity contribution is -0.147. The van der Waals surface area contributed by atoms with Crippen LogP contribution in [-0.2, 0) is 19.1 Å². The molecule has 2 atom stereocenters. The number of carbonyl (C=O) groups is 5. The number of amides is 2. The zero-order chi connectivity index (χ0) is 24.1. The van der Waals surface area contributed by atoms with Crippen molar-refractivity contribution in [1.82, 2.24) is 15.6 Å². The maximum atomic E-state index is 12.1. The maximum Gasteiger partial charge on any atom is 0.408 e. The minimum absolute atomic E-state index is 0.0704. The minimum Gasteiger partial charge on any atom is -0.481 e. The first-order valence-corrected chi connectivity index (χ1v) is 9.64. The lowest BCUT2D eigenvalue weighted by Gasteiger charge is -2.17. The van der Waals surface area contributed by atoms with Crippen molar-refractivity contribution in [2.24, 2.45) is 0 Å². The maximum absolute atomic E-state index is 12.1. The molecule has 0 bridgehead atoms. The Morgan fingerprint density at radius 2 is 1.78 bits per heavy atom. The smallest absolute Gasteiger partial charge is 0.408 e. The van der Waals surface area contributed by atoms with Crippen molar-refractivity contribution in [1.29, 1.82) is 0 Å². The summed E-state index contributed by atoms with van der Waals surface area (Å²) >= 11 is 0. The quantitative estimate of drug-likeness (QED) is 0.256. The van der Waals surface area contributed by atoms with Gasteiger partial charge in [0.05, 0.1) is 5.56 Å². The van der Waals surface area contributed by atoms with Gasteiger partial charge in [-0.1, -0.05) is 12.7 Å².